The first-order valence-corrected chi connectivity index (χ1v) is 10.5. The lowest BCUT2D eigenvalue weighted by molar-refractivity contribution is -0.384. The van der Waals surface area contributed by atoms with Gasteiger partial charge in [0.25, 0.3) is 23.4 Å². The molecule has 3 amide bonds. The maximum Gasteiger partial charge on any atom is 0.273 e. The molecule has 3 aliphatic rings. The van der Waals surface area contributed by atoms with E-state index in [0.717, 1.165) is 35.3 Å². The van der Waals surface area contributed by atoms with Gasteiger partial charge in [0.05, 0.1) is 23.3 Å². The highest BCUT2D eigenvalue weighted by molar-refractivity contribution is 6.08. The highest BCUT2D eigenvalue weighted by Gasteiger charge is 2.62. The SMILES string of the molecule is O=C(c1cccc([N+](=O)[O-])c1)N(Cc1ccccc1F)N1C(=O)[C@@H]2[C@H]3CC[C@@H](C3)[C@H]2C1=O. The molecule has 32 heavy (non-hydrogen) atoms. The first kappa shape index (κ1) is 20.3. The topological polar surface area (TPSA) is 101 Å². The fourth-order valence-corrected chi connectivity index (χ4v) is 5.55. The van der Waals surface area contributed by atoms with E-state index in [2.05, 4.69) is 0 Å². The molecular weight excluding hydrogens is 417 g/mol. The van der Waals surface area contributed by atoms with E-state index in [1.807, 2.05) is 0 Å². The third-order valence-electron chi connectivity index (χ3n) is 6.96. The second-order valence-electron chi connectivity index (χ2n) is 8.63. The fraction of sp³-hybridized carbons (Fsp3) is 0.348. The highest BCUT2D eigenvalue weighted by atomic mass is 19.1. The summed E-state index contributed by atoms with van der Waals surface area (Å²) >= 11 is 0. The number of carbonyl (C=O) groups excluding carboxylic acids is 3. The molecule has 1 heterocycles. The Labute approximate surface area is 182 Å². The lowest BCUT2D eigenvalue weighted by atomic mass is 9.81. The number of hydrazine groups is 1. The Morgan fingerprint density at radius 1 is 1.06 bits per heavy atom. The predicted molar refractivity (Wildman–Crippen MR) is 109 cm³/mol. The number of nitro groups is 1. The van der Waals surface area contributed by atoms with Crippen LogP contribution >= 0.6 is 0 Å². The summed E-state index contributed by atoms with van der Waals surface area (Å²) in [5.74, 6) is -2.91. The van der Waals surface area contributed by atoms with Gasteiger partial charge >= 0.3 is 0 Å². The van der Waals surface area contributed by atoms with Crippen molar-refractivity contribution in [2.45, 2.75) is 25.8 Å². The van der Waals surface area contributed by atoms with Crippen LogP contribution in [0.4, 0.5) is 10.1 Å². The average molecular weight is 437 g/mol. The van der Waals surface area contributed by atoms with Crippen LogP contribution in [0, 0.1) is 39.6 Å². The molecule has 0 aromatic heterocycles. The van der Waals surface area contributed by atoms with Crippen molar-refractivity contribution >= 4 is 23.4 Å². The third kappa shape index (κ3) is 3.07. The largest absolute Gasteiger partial charge is 0.273 e. The van der Waals surface area contributed by atoms with Gasteiger partial charge in [0.2, 0.25) is 0 Å². The molecule has 2 aromatic rings. The van der Waals surface area contributed by atoms with E-state index < -0.39 is 40.3 Å². The van der Waals surface area contributed by atoms with Gasteiger partial charge in [-0.25, -0.2) is 9.40 Å². The van der Waals surface area contributed by atoms with Crippen molar-refractivity contribution in [3.05, 3.63) is 75.6 Å². The van der Waals surface area contributed by atoms with E-state index in [4.69, 9.17) is 0 Å². The van der Waals surface area contributed by atoms with E-state index in [-0.39, 0.29) is 35.2 Å². The molecule has 2 aliphatic carbocycles. The molecule has 2 aromatic carbocycles. The maximum absolute atomic E-state index is 14.4. The molecule has 3 fully saturated rings. The van der Waals surface area contributed by atoms with Crippen molar-refractivity contribution in [3.63, 3.8) is 0 Å². The Balaban J connectivity index is 1.55. The van der Waals surface area contributed by atoms with E-state index in [0.29, 0.717) is 0 Å². The molecule has 0 spiro atoms. The van der Waals surface area contributed by atoms with Crippen molar-refractivity contribution in [2.75, 3.05) is 0 Å². The minimum atomic E-state index is -0.772. The molecule has 1 aliphatic heterocycles. The number of nitro benzene ring substituents is 1. The number of halogens is 1. The number of fused-ring (bicyclic) bond motifs is 5. The molecule has 0 N–H and O–H groups in total. The van der Waals surface area contributed by atoms with Crippen molar-refractivity contribution in [3.8, 4) is 0 Å². The molecule has 8 nitrogen and oxygen atoms in total. The molecule has 4 atom stereocenters. The Kier molecular flexibility index (Phi) is 4.76. The molecule has 0 unspecified atom stereocenters. The van der Waals surface area contributed by atoms with Crippen LogP contribution in [0.25, 0.3) is 0 Å². The standard InChI is InChI=1S/C23H20FN3O5/c24-18-7-2-1-4-16(18)12-25(21(28)15-5-3-6-17(11-15)27(31)32)26-22(29)19-13-8-9-14(10-13)20(19)23(26)30/h1-7,11,13-14,19-20H,8-10,12H2/t13-,14-,19+,20+/m0/s1. The zero-order chi connectivity index (χ0) is 22.6. The molecule has 5 rings (SSSR count). The number of imide groups is 1. The summed E-state index contributed by atoms with van der Waals surface area (Å²) in [5.41, 5.74) is -0.223. The lowest BCUT2D eigenvalue weighted by Crippen LogP contribution is -2.50. The molecule has 164 valence electrons. The minimum Gasteiger partial charge on any atom is -0.272 e. The van der Waals surface area contributed by atoms with Crippen molar-refractivity contribution in [1.82, 2.24) is 10.0 Å². The van der Waals surface area contributed by atoms with E-state index in [1.54, 1.807) is 6.07 Å². The summed E-state index contributed by atoms with van der Waals surface area (Å²) in [5, 5.41) is 13.0. The van der Waals surface area contributed by atoms with Crippen LogP contribution in [0.15, 0.2) is 48.5 Å². The van der Waals surface area contributed by atoms with Crippen LogP contribution in [-0.2, 0) is 16.1 Å². The molecular formula is C23H20FN3O5. The first-order valence-electron chi connectivity index (χ1n) is 10.5. The van der Waals surface area contributed by atoms with Crippen LogP contribution in [-0.4, -0.2) is 32.7 Å². The van der Waals surface area contributed by atoms with Crippen LogP contribution < -0.4 is 0 Å². The second kappa shape index (κ2) is 7.51. The quantitative estimate of drug-likeness (QED) is 0.406. The van der Waals surface area contributed by atoms with Gasteiger partial charge in [-0.15, -0.1) is 0 Å². The third-order valence-corrected chi connectivity index (χ3v) is 6.96. The Bertz CT molecular complexity index is 1120. The van der Waals surface area contributed by atoms with E-state index in [1.165, 1.54) is 36.4 Å². The van der Waals surface area contributed by atoms with Gasteiger partial charge in [0.15, 0.2) is 0 Å². The smallest absolute Gasteiger partial charge is 0.272 e. The predicted octanol–water partition coefficient (Wildman–Crippen LogP) is 3.32. The lowest BCUT2D eigenvalue weighted by Gasteiger charge is -2.31. The summed E-state index contributed by atoms with van der Waals surface area (Å²) in [4.78, 5) is 50.6. The van der Waals surface area contributed by atoms with Gasteiger partial charge in [-0.1, -0.05) is 24.3 Å². The number of benzene rings is 2. The first-order chi connectivity index (χ1) is 15.4. The molecule has 2 bridgehead atoms. The Morgan fingerprint density at radius 3 is 2.34 bits per heavy atom. The Morgan fingerprint density at radius 2 is 1.72 bits per heavy atom. The van der Waals surface area contributed by atoms with Crippen LogP contribution in [0.1, 0.15) is 35.2 Å². The van der Waals surface area contributed by atoms with Gasteiger partial charge < -0.3 is 0 Å². The maximum atomic E-state index is 14.4. The molecule has 0 radical (unpaired) electrons. The molecule has 9 heteroatoms. The number of carbonyl (C=O) groups is 3. The Hall–Kier alpha value is -3.62. The average Bonchev–Trinajstić information content (AvgIpc) is 3.47. The monoisotopic (exact) mass is 437 g/mol. The van der Waals surface area contributed by atoms with Crippen molar-refractivity contribution in [1.29, 1.82) is 0 Å². The summed E-state index contributed by atoms with van der Waals surface area (Å²) in [6, 6.07) is 10.9. The van der Waals surface area contributed by atoms with Crippen LogP contribution in [0.2, 0.25) is 0 Å². The van der Waals surface area contributed by atoms with E-state index >= 15 is 0 Å². The van der Waals surface area contributed by atoms with Gasteiger partial charge in [-0.2, -0.15) is 5.01 Å². The fourth-order valence-electron chi connectivity index (χ4n) is 5.55. The normalized spacial score (nSPS) is 25.8. The summed E-state index contributed by atoms with van der Waals surface area (Å²) < 4.78 is 14.4. The summed E-state index contributed by atoms with van der Waals surface area (Å²) in [7, 11) is 0. The van der Waals surface area contributed by atoms with Crippen molar-refractivity contribution in [2.24, 2.45) is 23.7 Å². The van der Waals surface area contributed by atoms with E-state index in [9.17, 15) is 28.9 Å². The molecule has 2 saturated carbocycles. The van der Waals surface area contributed by atoms with Gasteiger partial charge in [-0.05, 0) is 43.2 Å². The van der Waals surface area contributed by atoms with Gasteiger partial charge in [-0.3, -0.25) is 24.5 Å². The summed E-state index contributed by atoms with van der Waals surface area (Å²) in [6.07, 6.45) is 2.60. The zero-order valence-corrected chi connectivity index (χ0v) is 17.0. The van der Waals surface area contributed by atoms with Gasteiger partial charge in [0.1, 0.15) is 5.82 Å². The summed E-state index contributed by atoms with van der Waals surface area (Å²) in [6.45, 7) is -0.347. The van der Waals surface area contributed by atoms with Crippen LogP contribution in [0.5, 0.6) is 0 Å². The number of hydrogen-bond acceptors (Lipinski definition) is 5. The van der Waals surface area contributed by atoms with Crippen LogP contribution in [0.3, 0.4) is 0 Å². The number of rotatable bonds is 5. The number of hydrogen-bond donors (Lipinski definition) is 0. The zero-order valence-electron chi connectivity index (χ0n) is 17.0. The molecule has 1 saturated heterocycles. The van der Waals surface area contributed by atoms with Gasteiger partial charge in [0, 0.05) is 23.3 Å². The second-order valence-corrected chi connectivity index (χ2v) is 8.63. The number of nitrogens with zero attached hydrogens (tertiary/aromatic N) is 3. The highest BCUT2D eigenvalue weighted by Crippen LogP contribution is 2.56. The number of non-ortho nitro benzene ring substituents is 1. The minimum absolute atomic E-state index is 0.0591. The number of amides is 3. The van der Waals surface area contributed by atoms with Crippen molar-refractivity contribution < 1.29 is 23.7 Å².